The average Bonchev–Trinajstić information content (AvgIpc) is 2.99. The Labute approximate surface area is 130 Å². The smallest absolute Gasteiger partial charge is 0.244 e. The molecule has 0 saturated carbocycles. The van der Waals surface area contributed by atoms with Gasteiger partial charge in [0.15, 0.2) is 0 Å². The van der Waals surface area contributed by atoms with E-state index in [-0.39, 0.29) is 11.9 Å². The van der Waals surface area contributed by atoms with Crippen molar-refractivity contribution in [2.24, 2.45) is 0 Å². The first-order valence-corrected chi connectivity index (χ1v) is 7.68. The van der Waals surface area contributed by atoms with Crippen LogP contribution in [0.25, 0.3) is 11.4 Å². The van der Waals surface area contributed by atoms with Gasteiger partial charge in [0.1, 0.15) is 5.82 Å². The molecule has 2 heterocycles. The number of aromatic nitrogens is 2. The minimum atomic E-state index is -0.324. The lowest BCUT2D eigenvalue weighted by Crippen LogP contribution is -2.44. The van der Waals surface area contributed by atoms with Gasteiger partial charge in [-0.15, -0.1) is 0 Å². The molecular weight excluding hydrogens is 339 g/mol. The van der Waals surface area contributed by atoms with Crippen LogP contribution in [0, 0.1) is 5.82 Å². The lowest BCUT2D eigenvalue weighted by atomic mass is 10.2. The maximum Gasteiger partial charge on any atom is 0.244 e. The van der Waals surface area contributed by atoms with Gasteiger partial charge in [0.05, 0.1) is 6.04 Å². The fourth-order valence-electron chi connectivity index (χ4n) is 2.41. The molecule has 7 heteroatoms. The van der Waals surface area contributed by atoms with Crippen LogP contribution in [0.2, 0.25) is 0 Å². The molecule has 0 spiro atoms. The average molecular weight is 355 g/mol. The first kappa shape index (κ1) is 14.6. The third-order valence-electron chi connectivity index (χ3n) is 3.67. The van der Waals surface area contributed by atoms with E-state index in [1.165, 1.54) is 12.1 Å². The highest BCUT2D eigenvalue weighted by Crippen LogP contribution is 2.28. The van der Waals surface area contributed by atoms with E-state index in [0.29, 0.717) is 17.3 Å². The summed E-state index contributed by atoms with van der Waals surface area (Å²) in [5.74, 6) is 0.635. The molecule has 0 bridgehead atoms. The van der Waals surface area contributed by atoms with E-state index in [0.717, 1.165) is 30.7 Å². The van der Waals surface area contributed by atoms with Gasteiger partial charge in [0.2, 0.25) is 11.7 Å². The molecule has 0 amide bonds. The molecular formula is C14H16BrFN4O. The summed E-state index contributed by atoms with van der Waals surface area (Å²) in [6.07, 6.45) is 0. The molecule has 1 saturated heterocycles. The maximum atomic E-state index is 13.4. The molecule has 2 aromatic rings. The van der Waals surface area contributed by atoms with Gasteiger partial charge in [-0.2, -0.15) is 4.98 Å². The van der Waals surface area contributed by atoms with Crippen molar-refractivity contribution in [2.45, 2.75) is 13.0 Å². The van der Waals surface area contributed by atoms with Gasteiger partial charge < -0.3 is 9.84 Å². The summed E-state index contributed by atoms with van der Waals surface area (Å²) in [7, 11) is 0. The highest BCUT2D eigenvalue weighted by molar-refractivity contribution is 9.10. The first-order valence-electron chi connectivity index (χ1n) is 6.89. The van der Waals surface area contributed by atoms with Gasteiger partial charge in [-0.1, -0.05) is 21.1 Å². The van der Waals surface area contributed by atoms with Crippen molar-refractivity contribution >= 4 is 15.9 Å². The minimum absolute atomic E-state index is 0.0562. The number of rotatable bonds is 3. The van der Waals surface area contributed by atoms with Gasteiger partial charge in [-0.25, -0.2) is 4.39 Å². The fourth-order valence-corrected chi connectivity index (χ4v) is 2.83. The monoisotopic (exact) mass is 354 g/mol. The Morgan fingerprint density at radius 2 is 2.14 bits per heavy atom. The molecule has 0 radical (unpaired) electrons. The van der Waals surface area contributed by atoms with Crippen molar-refractivity contribution in [3.63, 3.8) is 0 Å². The van der Waals surface area contributed by atoms with Gasteiger partial charge in [0.25, 0.3) is 0 Å². The number of halogens is 2. The van der Waals surface area contributed by atoms with E-state index in [4.69, 9.17) is 4.52 Å². The summed E-state index contributed by atoms with van der Waals surface area (Å²) in [5, 5.41) is 7.29. The van der Waals surface area contributed by atoms with Crippen LogP contribution in [0.4, 0.5) is 4.39 Å². The van der Waals surface area contributed by atoms with Crippen LogP contribution in [0.3, 0.4) is 0 Å². The molecule has 5 nitrogen and oxygen atoms in total. The number of hydrogen-bond donors (Lipinski definition) is 1. The molecule has 0 aliphatic carbocycles. The van der Waals surface area contributed by atoms with E-state index >= 15 is 0 Å². The Hall–Kier alpha value is -1.31. The SMILES string of the molecule is CC(c1nc(-c2cc(F)ccc2Br)no1)N1CCNCC1. The Balaban J connectivity index is 1.84. The molecule has 1 aliphatic rings. The number of piperazine rings is 1. The van der Waals surface area contributed by atoms with Crippen LogP contribution in [-0.4, -0.2) is 41.2 Å². The molecule has 1 N–H and O–H groups in total. The van der Waals surface area contributed by atoms with Gasteiger partial charge in [-0.3, -0.25) is 4.90 Å². The third-order valence-corrected chi connectivity index (χ3v) is 4.36. The zero-order valence-corrected chi connectivity index (χ0v) is 13.2. The van der Waals surface area contributed by atoms with E-state index in [1.54, 1.807) is 6.07 Å². The standard InChI is InChI=1S/C14H16BrFN4O/c1-9(20-6-4-17-5-7-20)14-18-13(19-21-14)11-8-10(16)2-3-12(11)15/h2-3,8-9,17H,4-7H2,1H3. The van der Waals surface area contributed by atoms with Crippen LogP contribution < -0.4 is 5.32 Å². The van der Waals surface area contributed by atoms with E-state index in [9.17, 15) is 4.39 Å². The zero-order chi connectivity index (χ0) is 14.8. The minimum Gasteiger partial charge on any atom is -0.337 e. The largest absolute Gasteiger partial charge is 0.337 e. The zero-order valence-electron chi connectivity index (χ0n) is 11.6. The Morgan fingerprint density at radius 1 is 1.38 bits per heavy atom. The van der Waals surface area contributed by atoms with Crippen molar-refractivity contribution in [1.82, 2.24) is 20.4 Å². The predicted octanol–water partition coefficient (Wildman–Crippen LogP) is 2.60. The van der Waals surface area contributed by atoms with Crippen LogP contribution >= 0.6 is 15.9 Å². The molecule has 21 heavy (non-hydrogen) atoms. The Kier molecular flexibility index (Phi) is 4.32. The van der Waals surface area contributed by atoms with Crippen molar-refractivity contribution < 1.29 is 8.91 Å². The first-order chi connectivity index (χ1) is 10.1. The molecule has 3 rings (SSSR count). The van der Waals surface area contributed by atoms with Gasteiger partial charge >= 0.3 is 0 Å². The van der Waals surface area contributed by atoms with Crippen LogP contribution in [0.1, 0.15) is 18.9 Å². The lowest BCUT2D eigenvalue weighted by Gasteiger charge is -2.30. The Bertz CT molecular complexity index is 627. The number of nitrogens with one attached hydrogen (secondary N) is 1. The highest BCUT2D eigenvalue weighted by Gasteiger charge is 2.23. The molecule has 112 valence electrons. The Morgan fingerprint density at radius 3 is 2.90 bits per heavy atom. The number of benzene rings is 1. The van der Waals surface area contributed by atoms with Crippen LogP contribution in [0.5, 0.6) is 0 Å². The summed E-state index contributed by atoms with van der Waals surface area (Å²) in [6.45, 7) is 5.86. The summed E-state index contributed by atoms with van der Waals surface area (Å²) in [4.78, 5) is 6.71. The normalized spacial score (nSPS) is 17.9. The summed E-state index contributed by atoms with van der Waals surface area (Å²) in [5.41, 5.74) is 0.595. The maximum absolute atomic E-state index is 13.4. The van der Waals surface area contributed by atoms with Crippen molar-refractivity contribution in [3.8, 4) is 11.4 Å². The summed E-state index contributed by atoms with van der Waals surface area (Å²) in [6, 6.07) is 4.48. The molecule has 1 unspecified atom stereocenters. The second-order valence-corrected chi connectivity index (χ2v) is 5.90. The van der Waals surface area contributed by atoms with Gasteiger partial charge in [0, 0.05) is 36.2 Å². The van der Waals surface area contributed by atoms with Crippen molar-refractivity contribution in [2.75, 3.05) is 26.2 Å². The quantitative estimate of drug-likeness (QED) is 0.917. The van der Waals surface area contributed by atoms with Crippen molar-refractivity contribution in [1.29, 1.82) is 0 Å². The van der Waals surface area contributed by atoms with E-state index < -0.39 is 0 Å². The van der Waals surface area contributed by atoms with E-state index in [2.05, 4.69) is 36.3 Å². The second kappa shape index (κ2) is 6.21. The predicted molar refractivity (Wildman–Crippen MR) is 80.2 cm³/mol. The topological polar surface area (TPSA) is 54.2 Å². The lowest BCUT2D eigenvalue weighted by molar-refractivity contribution is 0.154. The number of nitrogens with zero attached hydrogens (tertiary/aromatic N) is 3. The second-order valence-electron chi connectivity index (χ2n) is 5.04. The third kappa shape index (κ3) is 3.14. The molecule has 1 aromatic heterocycles. The summed E-state index contributed by atoms with van der Waals surface area (Å²) >= 11 is 3.38. The number of hydrogen-bond acceptors (Lipinski definition) is 5. The van der Waals surface area contributed by atoms with Crippen LogP contribution in [-0.2, 0) is 0 Å². The highest BCUT2D eigenvalue weighted by atomic mass is 79.9. The van der Waals surface area contributed by atoms with Crippen LogP contribution in [0.15, 0.2) is 27.2 Å². The molecule has 1 atom stereocenters. The van der Waals surface area contributed by atoms with E-state index in [1.807, 2.05) is 6.92 Å². The van der Waals surface area contributed by atoms with Gasteiger partial charge in [-0.05, 0) is 25.1 Å². The fraction of sp³-hybridized carbons (Fsp3) is 0.429. The van der Waals surface area contributed by atoms with Crippen molar-refractivity contribution in [3.05, 3.63) is 34.4 Å². The molecule has 1 fully saturated rings. The summed E-state index contributed by atoms with van der Waals surface area (Å²) < 4.78 is 19.5. The molecule has 1 aromatic carbocycles. The molecule has 1 aliphatic heterocycles.